The van der Waals surface area contributed by atoms with E-state index in [0.717, 1.165) is 11.3 Å². The molecular weight excluding hydrogens is 232 g/mol. The van der Waals surface area contributed by atoms with E-state index in [9.17, 15) is 4.79 Å². The standard InChI is InChI=1S/C10H11ClN2OS/c1-3-6-4-7-9(14)12-8(5(2)11)13-10(7)15-6/h4-5H,3H2,1-2H3,(H,12,13,14). The zero-order valence-corrected chi connectivity index (χ0v) is 10.1. The number of hydrogen-bond acceptors (Lipinski definition) is 3. The molecule has 2 aromatic rings. The fraction of sp³-hybridized carbons (Fsp3) is 0.400. The largest absolute Gasteiger partial charge is 0.309 e. The molecule has 1 N–H and O–H groups in total. The zero-order valence-electron chi connectivity index (χ0n) is 8.50. The van der Waals surface area contributed by atoms with Crippen LogP contribution in [-0.4, -0.2) is 9.97 Å². The maximum atomic E-state index is 11.7. The minimum atomic E-state index is -0.269. The number of halogens is 1. The van der Waals surface area contributed by atoms with Crippen molar-refractivity contribution in [1.82, 2.24) is 9.97 Å². The summed E-state index contributed by atoms with van der Waals surface area (Å²) in [7, 11) is 0. The SMILES string of the molecule is CCc1cc2c(=O)[nH]c(C(C)Cl)nc2s1. The van der Waals surface area contributed by atoms with Gasteiger partial charge in [-0.3, -0.25) is 4.79 Å². The molecule has 80 valence electrons. The minimum Gasteiger partial charge on any atom is -0.309 e. The van der Waals surface area contributed by atoms with Crippen molar-refractivity contribution in [2.24, 2.45) is 0 Å². The highest BCUT2D eigenvalue weighted by Gasteiger charge is 2.10. The lowest BCUT2D eigenvalue weighted by molar-refractivity contribution is 0.917. The first-order valence-electron chi connectivity index (χ1n) is 4.78. The summed E-state index contributed by atoms with van der Waals surface area (Å²) in [4.78, 5) is 20.7. The average Bonchev–Trinajstić information content (AvgIpc) is 2.61. The molecule has 0 spiro atoms. The number of nitrogens with zero attached hydrogens (tertiary/aromatic N) is 1. The molecule has 0 radical (unpaired) electrons. The lowest BCUT2D eigenvalue weighted by Gasteiger charge is -2.00. The second kappa shape index (κ2) is 3.94. The number of aromatic nitrogens is 2. The number of aryl methyl sites for hydroxylation is 1. The van der Waals surface area contributed by atoms with Crippen molar-refractivity contribution in [3.05, 3.63) is 27.1 Å². The third kappa shape index (κ3) is 1.92. The van der Waals surface area contributed by atoms with Crippen LogP contribution < -0.4 is 5.56 Å². The number of rotatable bonds is 2. The monoisotopic (exact) mass is 242 g/mol. The van der Waals surface area contributed by atoms with Gasteiger partial charge in [-0.25, -0.2) is 4.98 Å². The van der Waals surface area contributed by atoms with E-state index in [4.69, 9.17) is 11.6 Å². The van der Waals surface area contributed by atoms with Crippen LogP contribution in [-0.2, 0) is 6.42 Å². The number of fused-ring (bicyclic) bond motifs is 1. The Hall–Kier alpha value is -0.870. The molecule has 1 atom stereocenters. The molecule has 0 saturated heterocycles. The molecule has 0 amide bonds. The van der Waals surface area contributed by atoms with Crippen molar-refractivity contribution < 1.29 is 0 Å². The number of thiophene rings is 1. The van der Waals surface area contributed by atoms with Crippen molar-refractivity contribution in [3.8, 4) is 0 Å². The molecule has 15 heavy (non-hydrogen) atoms. The number of alkyl halides is 1. The Morgan fingerprint density at radius 2 is 2.40 bits per heavy atom. The fourth-order valence-electron chi connectivity index (χ4n) is 1.36. The first kappa shape index (κ1) is 10.6. The van der Waals surface area contributed by atoms with Gasteiger partial charge in [-0.2, -0.15) is 0 Å². The van der Waals surface area contributed by atoms with Crippen LogP contribution in [0.4, 0.5) is 0 Å². The topological polar surface area (TPSA) is 45.8 Å². The first-order chi connectivity index (χ1) is 7.11. The van der Waals surface area contributed by atoms with E-state index >= 15 is 0 Å². The molecule has 0 aliphatic heterocycles. The molecule has 2 rings (SSSR count). The first-order valence-corrected chi connectivity index (χ1v) is 6.03. The van der Waals surface area contributed by atoms with E-state index in [1.807, 2.05) is 6.07 Å². The van der Waals surface area contributed by atoms with E-state index in [-0.39, 0.29) is 10.9 Å². The summed E-state index contributed by atoms with van der Waals surface area (Å²) >= 11 is 7.44. The van der Waals surface area contributed by atoms with Gasteiger partial charge in [0.05, 0.1) is 10.8 Å². The highest BCUT2D eigenvalue weighted by Crippen LogP contribution is 2.23. The van der Waals surface area contributed by atoms with Gasteiger partial charge in [-0.15, -0.1) is 22.9 Å². The van der Waals surface area contributed by atoms with Gasteiger partial charge in [0.15, 0.2) is 0 Å². The molecule has 0 aliphatic carbocycles. The van der Waals surface area contributed by atoms with Gasteiger partial charge in [0, 0.05) is 4.88 Å². The highest BCUT2D eigenvalue weighted by atomic mass is 35.5. The van der Waals surface area contributed by atoms with Crippen LogP contribution in [0, 0.1) is 0 Å². The van der Waals surface area contributed by atoms with Crippen molar-refractivity contribution >= 4 is 33.2 Å². The predicted octanol–water partition coefficient (Wildman–Crippen LogP) is 2.85. The Balaban J connectivity index is 2.70. The van der Waals surface area contributed by atoms with Crippen molar-refractivity contribution in [3.63, 3.8) is 0 Å². The molecule has 2 aromatic heterocycles. The average molecular weight is 243 g/mol. The van der Waals surface area contributed by atoms with E-state index in [1.165, 1.54) is 4.88 Å². The van der Waals surface area contributed by atoms with Crippen LogP contribution in [0.2, 0.25) is 0 Å². The third-order valence-electron chi connectivity index (χ3n) is 2.20. The van der Waals surface area contributed by atoms with Crippen molar-refractivity contribution in [1.29, 1.82) is 0 Å². The summed E-state index contributed by atoms with van der Waals surface area (Å²) in [5.74, 6) is 0.540. The van der Waals surface area contributed by atoms with E-state index < -0.39 is 0 Å². The molecular formula is C10H11ClN2OS. The maximum absolute atomic E-state index is 11.7. The van der Waals surface area contributed by atoms with Crippen molar-refractivity contribution in [2.45, 2.75) is 25.6 Å². The fourth-order valence-corrected chi connectivity index (χ4v) is 2.44. The van der Waals surface area contributed by atoms with Crippen LogP contribution in [0.15, 0.2) is 10.9 Å². The van der Waals surface area contributed by atoms with Crippen molar-refractivity contribution in [2.75, 3.05) is 0 Å². The molecule has 0 fully saturated rings. The zero-order chi connectivity index (χ0) is 11.0. The number of nitrogens with one attached hydrogen (secondary N) is 1. The smallest absolute Gasteiger partial charge is 0.259 e. The second-order valence-corrected chi connectivity index (χ2v) is 5.12. The lowest BCUT2D eigenvalue weighted by Crippen LogP contribution is -2.10. The Morgan fingerprint density at radius 3 is 3.00 bits per heavy atom. The van der Waals surface area contributed by atoms with Gasteiger partial charge >= 0.3 is 0 Å². The second-order valence-electron chi connectivity index (χ2n) is 3.35. The van der Waals surface area contributed by atoms with Gasteiger partial charge in [0.25, 0.3) is 5.56 Å². The van der Waals surface area contributed by atoms with E-state index in [1.54, 1.807) is 18.3 Å². The summed E-state index contributed by atoms with van der Waals surface area (Å²) in [6.07, 6.45) is 0.923. The minimum absolute atomic E-state index is 0.0987. The summed E-state index contributed by atoms with van der Waals surface area (Å²) in [6.45, 7) is 3.85. The molecule has 3 nitrogen and oxygen atoms in total. The molecule has 0 bridgehead atoms. The highest BCUT2D eigenvalue weighted by molar-refractivity contribution is 7.18. The quantitative estimate of drug-likeness (QED) is 0.824. The molecule has 2 heterocycles. The summed E-state index contributed by atoms with van der Waals surface area (Å²) in [5.41, 5.74) is -0.0987. The number of hydrogen-bond donors (Lipinski definition) is 1. The molecule has 0 aliphatic rings. The number of aromatic amines is 1. The molecule has 0 saturated carbocycles. The van der Waals surface area contributed by atoms with Gasteiger partial charge in [0.2, 0.25) is 0 Å². The number of H-pyrrole nitrogens is 1. The predicted molar refractivity (Wildman–Crippen MR) is 63.9 cm³/mol. The Labute approximate surface area is 96.1 Å². The van der Waals surface area contributed by atoms with Gasteiger partial charge < -0.3 is 4.98 Å². The van der Waals surface area contributed by atoms with E-state index in [0.29, 0.717) is 11.2 Å². The Bertz CT molecular complexity index is 544. The normalized spacial score (nSPS) is 13.3. The molecule has 5 heteroatoms. The van der Waals surface area contributed by atoms with Crippen LogP contribution in [0.1, 0.15) is 29.9 Å². The van der Waals surface area contributed by atoms with Crippen LogP contribution in [0.25, 0.3) is 10.2 Å². The Kier molecular flexibility index (Phi) is 2.80. The summed E-state index contributed by atoms with van der Waals surface area (Å²) in [6, 6.07) is 1.90. The van der Waals surface area contributed by atoms with E-state index in [2.05, 4.69) is 16.9 Å². The van der Waals surface area contributed by atoms with Gasteiger partial charge in [-0.05, 0) is 19.4 Å². The van der Waals surface area contributed by atoms with Crippen LogP contribution in [0.3, 0.4) is 0 Å². The summed E-state index contributed by atoms with van der Waals surface area (Å²) in [5, 5.41) is 0.396. The van der Waals surface area contributed by atoms with Gasteiger partial charge in [-0.1, -0.05) is 6.92 Å². The lowest BCUT2D eigenvalue weighted by atomic mass is 10.3. The van der Waals surface area contributed by atoms with Gasteiger partial charge in [0.1, 0.15) is 10.7 Å². The summed E-state index contributed by atoms with van der Waals surface area (Å²) < 4.78 is 0. The van der Waals surface area contributed by atoms with Crippen LogP contribution in [0.5, 0.6) is 0 Å². The molecule has 1 unspecified atom stereocenters. The Morgan fingerprint density at radius 1 is 1.67 bits per heavy atom. The maximum Gasteiger partial charge on any atom is 0.259 e. The van der Waals surface area contributed by atoms with Crippen LogP contribution >= 0.6 is 22.9 Å². The molecule has 0 aromatic carbocycles. The third-order valence-corrected chi connectivity index (χ3v) is 3.58.